The minimum Gasteiger partial charge on any atom is -0.381 e. The molecule has 7 nitrogen and oxygen atoms in total. The third-order valence-electron chi connectivity index (χ3n) is 5.16. The summed E-state index contributed by atoms with van der Waals surface area (Å²) in [6, 6.07) is 13.0. The Morgan fingerprint density at radius 2 is 1.66 bits per heavy atom. The van der Waals surface area contributed by atoms with E-state index in [1.807, 2.05) is 44.2 Å². The largest absolute Gasteiger partial charge is 0.381 e. The van der Waals surface area contributed by atoms with E-state index in [0.717, 1.165) is 31.5 Å². The summed E-state index contributed by atoms with van der Waals surface area (Å²) in [5, 5.41) is 4.59. The molecule has 1 aliphatic heterocycles. The number of rotatable bonds is 4. The predicted octanol–water partition coefficient (Wildman–Crippen LogP) is 3.52. The second-order valence-corrected chi connectivity index (χ2v) is 7.64. The number of anilines is 2. The molecule has 3 aromatic rings. The Labute approximate surface area is 170 Å². The minimum atomic E-state index is -0.135. The minimum absolute atomic E-state index is 0.0501. The Morgan fingerprint density at radius 1 is 0.931 bits per heavy atom. The number of nitrogens with zero attached hydrogens (tertiary/aromatic N) is 5. The van der Waals surface area contributed by atoms with E-state index < -0.39 is 0 Å². The van der Waals surface area contributed by atoms with Crippen molar-refractivity contribution in [1.29, 1.82) is 0 Å². The molecule has 4 rings (SSSR count). The van der Waals surface area contributed by atoms with Gasteiger partial charge in [-0.15, -0.1) is 0 Å². The fourth-order valence-corrected chi connectivity index (χ4v) is 3.68. The molecule has 0 radical (unpaired) electrons. The normalized spacial score (nSPS) is 14.4. The predicted molar refractivity (Wildman–Crippen MR) is 116 cm³/mol. The molecule has 2 aromatic heterocycles. The quantitative estimate of drug-likeness (QED) is 0.733. The highest BCUT2D eigenvalue weighted by Crippen LogP contribution is 2.33. The molecule has 0 spiro atoms. The van der Waals surface area contributed by atoms with Crippen molar-refractivity contribution in [2.75, 3.05) is 23.7 Å². The number of nitrogen functional groups attached to an aromatic ring is 1. The number of piperidine rings is 1. The zero-order chi connectivity index (χ0) is 20.4. The van der Waals surface area contributed by atoms with Crippen molar-refractivity contribution in [1.82, 2.24) is 19.7 Å². The van der Waals surface area contributed by atoms with Gasteiger partial charge in [-0.3, -0.25) is 4.79 Å². The monoisotopic (exact) mass is 390 g/mol. The second-order valence-electron chi connectivity index (χ2n) is 7.64. The maximum absolute atomic E-state index is 12.2. The lowest BCUT2D eigenvalue weighted by Gasteiger charge is -2.29. The van der Waals surface area contributed by atoms with Gasteiger partial charge in [0.1, 0.15) is 17.1 Å². The van der Waals surface area contributed by atoms with E-state index in [1.165, 1.54) is 17.2 Å². The molecule has 150 valence electrons. The first-order valence-electron chi connectivity index (χ1n) is 10.1. The van der Waals surface area contributed by atoms with Gasteiger partial charge in [0.25, 0.3) is 5.56 Å². The molecule has 0 unspecified atom stereocenters. The highest BCUT2D eigenvalue weighted by molar-refractivity contribution is 5.80. The number of nitrogens with two attached hydrogens (primary N) is 1. The van der Waals surface area contributed by atoms with Crippen LogP contribution in [0, 0.1) is 0 Å². The van der Waals surface area contributed by atoms with Crippen LogP contribution in [0.15, 0.2) is 47.3 Å². The summed E-state index contributed by atoms with van der Waals surface area (Å²) in [5.74, 6) is 1.12. The molecule has 1 fully saturated rings. The molecule has 29 heavy (non-hydrogen) atoms. The van der Waals surface area contributed by atoms with Gasteiger partial charge in [0, 0.05) is 24.7 Å². The Balaban J connectivity index is 1.92. The lowest BCUT2D eigenvalue weighted by Crippen LogP contribution is -2.31. The summed E-state index contributed by atoms with van der Waals surface area (Å²) >= 11 is 0. The third kappa shape index (κ3) is 3.85. The number of benzene rings is 1. The average Bonchev–Trinajstić information content (AvgIpc) is 2.75. The van der Waals surface area contributed by atoms with Gasteiger partial charge in [-0.25, -0.2) is 14.6 Å². The summed E-state index contributed by atoms with van der Waals surface area (Å²) in [5.41, 5.74) is 9.05. The van der Waals surface area contributed by atoms with Crippen molar-refractivity contribution in [3.8, 4) is 22.6 Å². The van der Waals surface area contributed by atoms with Gasteiger partial charge < -0.3 is 10.6 Å². The van der Waals surface area contributed by atoms with Crippen molar-refractivity contribution in [3.63, 3.8) is 0 Å². The Morgan fingerprint density at radius 3 is 2.34 bits per heavy atom. The second kappa shape index (κ2) is 8.03. The van der Waals surface area contributed by atoms with Crippen LogP contribution in [-0.2, 0) is 0 Å². The Kier molecular flexibility index (Phi) is 5.29. The van der Waals surface area contributed by atoms with Crippen LogP contribution in [0.25, 0.3) is 22.6 Å². The zero-order valence-electron chi connectivity index (χ0n) is 16.9. The highest BCUT2D eigenvalue weighted by atomic mass is 16.1. The van der Waals surface area contributed by atoms with E-state index in [4.69, 9.17) is 15.7 Å². The first-order valence-corrected chi connectivity index (χ1v) is 10.1. The van der Waals surface area contributed by atoms with E-state index in [1.54, 1.807) is 6.07 Å². The van der Waals surface area contributed by atoms with Crippen LogP contribution in [0.4, 0.5) is 11.6 Å². The molecule has 0 bridgehead atoms. The van der Waals surface area contributed by atoms with E-state index in [2.05, 4.69) is 10.00 Å². The molecule has 7 heteroatoms. The summed E-state index contributed by atoms with van der Waals surface area (Å²) in [6.07, 6.45) is 3.46. The van der Waals surface area contributed by atoms with Crippen LogP contribution in [0.1, 0.15) is 39.2 Å². The van der Waals surface area contributed by atoms with Gasteiger partial charge in [-0.05, 0) is 39.2 Å². The van der Waals surface area contributed by atoms with Gasteiger partial charge in [0.15, 0.2) is 11.6 Å². The number of hydrogen-bond donors (Lipinski definition) is 1. The molecule has 1 aliphatic rings. The van der Waals surface area contributed by atoms with Gasteiger partial charge in [0.2, 0.25) is 0 Å². The Bertz CT molecular complexity index is 1050. The topological polar surface area (TPSA) is 89.9 Å². The molecule has 3 heterocycles. The maximum Gasteiger partial charge on any atom is 0.267 e. The zero-order valence-corrected chi connectivity index (χ0v) is 16.9. The summed E-state index contributed by atoms with van der Waals surface area (Å²) in [7, 11) is 0. The Hall–Kier alpha value is -3.22. The van der Waals surface area contributed by atoms with Crippen LogP contribution < -0.4 is 16.2 Å². The van der Waals surface area contributed by atoms with Crippen LogP contribution in [0.5, 0.6) is 0 Å². The molecule has 2 N–H and O–H groups in total. The van der Waals surface area contributed by atoms with E-state index >= 15 is 0 Å². The lowest BCUT2D eigenvalue weighted by molar-refractivity contribution is 0.504. The van der Waals surface area contributed by atoms with Gasteiger partial charge in [-0.1, -0.05) is 30.3 Å². The SMILES string of the molecule is CC(C)n1nc(-c2nc(N3CCCCC3)c(N)nc2-c2ccccc2)ccc1=O. The molecule has 0 atom stereocenters. The smallest absolute Gasteiger partial charge is 0.267 e. The molecule has 1 aromatic carbocycles. The molecule has 0 aliphatic carbocycles. The molecular formula is C22H26N6O. The van der Waals surface area contributed by atoms with Crippen molar-refractivity contribution in [3.05, 3.63) is 52.8 Å². The summed E-state index contributed by atoms with van der Waals surface area (Å²) < 4.78 is 1.47. The van der Waals surface area contributed by atoms with Crippen molar-refractivity contribution >= 4 is 11.6 Å². The third-order valence-corrected chi connectivity index (χ3v) is 5.16. The van der Waals surface area contributed by atoms with Gasteiger partial charge in [-0.2, -0.15) is 5.10 Å². The summed E-state index contributed by atoms with van der Waals surface area (Å²) in [4.78, 5) is 24.1. The van der Waals surface area contributed by atoms with E-state index in [-0.39, 0.29) is 11.6 Å². The molecule has 0 amide bonds. The van der Waals surface area contributed by atoms with Crippen molar-refractivity contribution < 1.29 is 0 Å². The fraction of sp³-hybridized carbons (Fsp3) is 0.364. The van der Waals surface area contributed by atoms with Gasteiger partial charge in [0.05, 0.1) is 6.04 Å². The molecule has 0 saturated carbocycles. The van der Waals surface area contributed by atoms with Gasteiger partial charge >= 0.3 is 0 Å². The average molecular weight is 390 g/mol. The standard InChI is InChI=1S/C22H26N6O/c1-15(2)28-18(29)12-11-17(26-28)20-19(16-9-5-3-6-10-16)24-21(23)22(25-20)27-13-7-4-8-14-27/h3,5-6,9-12,15H,4,7-8,13-14H2,1-2H3,(H2,23,24). The van der Waals surface area contributed by atoms with Crippen molar-refractivity contribution in [2.45, 2.75) is 39.2 Å². The molecule has 1 saturated heterocycles. The van der Waals surface area contributed by atoms with E-state index in [9.17, 15) is 4.79 Å². The van der Waals surface area contributed by atoms with Crippen LogP contribution in [0.2, 0.25) is 0 Å². The number of hydrogen-bond acceptors (Lipinski definition) is 6. The number of aromatic nitrogens is 4. The highest BCUT2D eigenvalue weighted by Gasteiger charge is 2.22. The fourth-order valence-electron chi connectivity index (χ4n) is 3.68. The van der Waals surface area contributed by atoms with E-state index in [0.29, 0.717) is 28.7 Å². The maximum atomic E-state index is 12.2. The summed E-state index contributed by atoms with van der Waals surface area (Å²) in [6.45, 7) is 5.71. The van der Waals surface area contributed by atoms with Crippen molar-refractivity contribution in [2.24, 2.45) is 0 Å². The first kappa shape index (κ1) is 19.1. The first-order chi connectivity index (χ1) is 14.0. The van der Waals surface area contributed by atoms with Crippen LogP contribution in [-0.4, -0.2) is 32.8 Å². The lowest BCUT2D eigenvalue weighted by atomic mass is 10.1. The molecular weight excluding hydrogens is 364 g/mol. The van der Waals surface area contributed by atoms with Crippen LogP contribution >= 0.6 is 0 Å². The van der Waals surface area contributed by atoms with Crippen LogP contribution in [0.3, 0.4) is 0 Å².